The quantitative estimate of drug-likeness (QED) is 0.593. The third-order valence-corrected chi connectivity index (χ3v) is 1.31. The van der Waals surface area contributed by atoms with E-state index in [0.717, 1.165) is 5.01 Å². The Balaban J connectivity index is 2.62. The van der Waals surface area contributed by atoms with Crippen molar-refractivity contribution in [1.82, 2.24) is 5.01 Å². The lowest BCUT2D eigenvalue weighted by Crippen LogP contribution is -2.30. The minimum absolute atomic E-state index is 0.478. The van der Waals surface area contributed by atoms with Crippen LogP contribution >= 0.6 is 0 Å². The van der Waals surface area contributed by atoms with Crippen molar-refractivity contribution in [2.45, 2.75) is 26.4 Å². The summed E-state index contributed by atoms with van der Waals surface area (Å²) < 4.78 is 5.13. The van der Waals surface area contributed by atoms with E-state index in [1.807, 2.05) is 20.8 Å². The molecule has 14 heavy (non-hydrogen) atoms. The topological polar surface area (TPSA) is 41.9 Å². The molecule has 0 saturated heterocycles. The van der Waals surface area contributed by atoms with Gasteiger partial charge in [-0.15, -0.1) is 0 Å². The number of hydrogen-bond acceptors (Lipinski definition) is 3. The molecule has 0 aromatic heterocycles. The van der Waals surface area contributed by atoms with Gasteiger partial charge in [0, 0.05) is 12.4 Å². The molecule has 0 aliphatic carbocycles. The normalized spacial score (nSPS) is 15.5. The van der Waals surface area contributed by atoms with Gasteiger partial charge in [-0.25, -0.2) is 4.79 Å². The molecule has 4 heteroatoms. The van der Waals surface area contributed by atoms with E-state index in [2.05, 4.69) is 5.10 Å². The molecular formula is C10H14N2O2. The number of rotatable bonds is 0. The van der Waals surface area contributed by atoms with Gasteiger partial charge in [0.2, 0.25) is 0 Å². The molecule has 76 valence electrons. The number of hydrogen-bond donors (Lipinski definition) is 0. The molecule has 0 spiro atoms. The zero-order valence-electron chi connectivity index (χ0n) is 8.60. The fraction of sp³-hybridized carbons (Fsp3) is 0.400. The van der Waals surface area contributed by atoms with Gasteiger partial charge in [0.25, 0.3) is 0 Å². The lowest BCUT2D eigenvalue weighted by Gasteiger charge is -2.22. The first-order valence-corrected chi connectivity index (χ1v) is 4.39. The van der Waals surface area contributed by atoms with Crippen molar-refractivity contribution >= 4 is 12.3 Å². The summed E-state index contributed by atoms with van der Waals surface area (Å²) in [6, 6.07) is 0. The Kier molecular flexibility index (Phi) is 3.06. The maximum atomic E-state index is 11.5. The monoisotopic (exact) mass is 194 g/mol. The van der Waals surface area contributed by atoms with Crippen molar-refractivity contribution in [2.24, 2.45) is 5.10 Å². The molecule has 1 heterocycles. The van der Waals surface area contributed by atoms with Crippen LogP contribution in [0, 0.1) is 0 Å². The van der Waals surface area contributed by atoms with Crippen LogP contribution in [0.1, 0.15) is 20.8 Å². The van der Waals surface area contributed by atoms with Gasteiger partial charge in [-0.2, -0.15) is 10.1 Å². The van der Waals surface area contributed by atoms with Crippen LogP contribution in [0.2, 0.25) is 0 Å². The fourth-order valence-corrected chi connectivity index (χ4v) is 0.811. The van der Waals surface area contributed by atoms with E-state index in [1.54, 1.807) is 24.4 Å². The highest BCUT2D eigenvalue weighted by atomic mass is 16.6. The van der Waals surface area contributed by atoms with Crippen LogP contribution in [0.25, 0.3) is 0 Å². The van der Waals surface area contributed by atoms with Crippen LogP contribution in [0.15, 0.2) is 29.5 Å². The number of nitrogens with zero attached hydrogens (tertiary/aromatic N) is 2. The number of carbonyl (C=O) groups is 1. The second-order valence-corrected chi connectivity index (χ2v) is 3.82. The molecule has 0 fully saturated rings. The summed E-state index contributed by atoms with van der Waals surface area (Å²) in [4.78, 5) is 11.5. The number of carbonyl (C=O) groups excluding carboxylic acids is 1. The van der Waals surface area contributed by atoms with Gasteiger partial charge in [-0.1, -0.05) is 6.08 Å². The average Bonchev–Trinajstić information content (AvgIpc) is 2.27. The van der Waals surface area contributed by atoms with E-state index in [9.17, 15) is 4.79 Å². The second kappa shape index (κ2) is 4.09. The van der Waals surface area contributed by atoms with Gasteiger partial charge in [0.15, 0.2) is 0 Å². The maximum absolute atomic E-state index is 11.5. The number of ether oxygens (including phenoxy) is 1. The molecule has 1 aliphatic heterocycles. The van der Waals surface area contributed by atoms with Crippen LogP contribution < -0.4 is 0 Å². The molecule has 1 aliphatic rings. The number of hydrazone groups is 1. The van der Waals surface area contributed by atoms with Crippen LogP contribution in [-0.4, -0.2) is 22.9 Å². The van der Waals surface area contributed by atoms with Crippen LogP contribution in [0.3, 0.4) is 0 Å². The highest BCUT2D eigenvalue weighted by Crippen LogP contribution is 2.10. The van der Waals surface area contributed by atoms with E-state index in [-0.39, 0.29) is 0 Å². The maximum Gasteiger partial charge on any atom is 0.435 e. The summed E-state index contributed by atoms with van der Waals surface area (Å²) in [5, 5.41) is 5.03. The molecule has 0 unspecified atom stereocenters. The fourth-order valence-electron chi connectivity index (χ4n) is 0.811. The first-order chi connectivity index (χ1) is 6.49. The summed E-state index contributed by atoms with van der Waals surface area (Å²) in [5.41, 5.74) is -0.500. The van der Waals surface area contributed by atoms with Crippen molar-refractivity contribution in [3.63, 3.8) is 0 Å². The molecule has 0 atom stereocenters. The summed E-state index contributed by atoms with van der Waals surface area (Å²) >= 11 is 0. The first kappa shape index (κ1) is 10.5. The van der Waals surface area contributed by atoms with Crippen molar-refractivity contribution in [3.05, 3.63) is 24.4 Å². The minimum atomic E-state index is -0.500. The Morgan fingerprint density at radius 1 is 1.29 bits per heavy atom. The molecule has 0 aromatic carbocycles. The molecule has 0 aromatic rings. The highest BCUT2D eigenvalue weighted by Gasteiger charge is 2.20. The van der Waals surface area contributed by atoms with Gasteiger partial charge in [0.05, 0.1) is 0 Å². The van der Waals surface area contributed by atoms with Crippen molar-refractivity contribution in [1.29, 1.82) is 0 Å². The predicted molar refractivity (Wildman–Crippen MR) is 54.8 cm³/mol. The molecule has 0 radical (unpaired) electrons. The molecular weight excluding hydrogens is 180 g/mol. The van der Waals surface area contributed by atoms with E-state index in [0.29, 0.717) is 0 Å². The van der Waals surface area contributed by atoms with Crippen LogP contribution in [-0.2, 0) is 4.74 Å². The van der Waals surface area contributed by atoms with Gasteiger partial charge in [-0.3, -0.25) is 0 Å². The first-order valence-electron chi connectivity index (χ1n) is 4.39. The third-order valence-electron chi connectivity index (χ3n) is 1.31. The van der Waals surface area contributed by atoms with Crippen molar-refractivity contribution in [3.8, 4) is 0 Å². The summed E-state index contributed by atoms with van der Waals surface area (Å²) in [6.07, 6.45) is 7.85. The van der Waals surface area contributed by atoms with Gasteiger partial charge < -0.3 is 4.74 Å². The van der Waals surface area contributed by atoms with Gasteiger partial charge in [-0.05, 0) is 32.9 Å². The van der Waals surface area contributed by atoms with Crippen LogP contribution in [0.5, 0.6) is 0 Å². The Morgan fingerprint density at radius 2 is 2.00 bits per heavy atom. The Bertz CT molecular complexity index is 282. The Morgan fingerprint density at radius 3 is 2.64 bits per heavy atom. The highest BCUT2D eigenvalue weighted by molar-refractivity contribution is 5.76. The zero-order chi connectivity index (χ0) is 10.6. The van der Waals surface area contributed by atoms with Gasteiger partial charge >= 0.3 is 6.09 Å². The largest absolute Gasteiger partial charge is 0.442 e. The molecule has 1 amide bonds. The summed E-state index contributed by atoms with van der Waals surface area (Å²) in [5.74, 6) is 0. The standard InChI is InChI=1S/C10H14N2O2/c1-10(2,3)14-9(13)12-8-6-4-5-7-11-12/h4-8H,1-3H3. The van der Waals surface area contributed by atoms with Crippen LogP contribution in [0.4, 0.5) is 4.79 Å². The average molecular weight is 194 g/mol. The Labute approximate surface area is 83.5 Å². The Hall–Kier alpha value is -1.58. The number of allylic oxidation sites excluding steroid dienone is 3. The van der Waals surface area contributed by atoms with E-state index < -0.39 is 11.7 Å². The number of amides is 1. The van der Waals surface area contributed by atoms with Gasteiger partial charge in [0.1, 0.15) is 5.60 Å². The van der Waals surface area contributed by atoms with E-state index >= 15 is 0 Å². The lowest BCUT2D eigenvalue weighted by atomic mass is 10.2. The second-order valence-electron chi connectivity index (χ2n) is 3.82. The third kappa shape index (κ3) is 3.43. The smallest absolute Gasteiger partial charge is 0.435 e. The van der Waals surface area contributed by atoms with E-state index in [4.69, 9.17) is 4.74 Å². The lowest BCUT2D eigenvalue weighted by molar-refractivity contribution is 0.0340. The molecule has 0 N–H and O–H groups in total. The summed E-state index contributed by atoms with van der Waals surface area (Å²) in [6.45, 7) is 5.44. The summed E-state index contributed by atoms with van der Waals surface area (Å²) in [7, 11) is 0. The van der Waals surface area contributed by atoms with Crippen molar-refractivity contribution in [2.75, 3.05) is 0 Å². The predicted octanol–water partition coefficient (Wildman–Crippen LogP) is 2.29. The minimum Gasteiger partial charge on any atom is -0.442 e. The molecule has 4 nitrogen and oxygen atoms in total. The molecule has 0 saturated carbocycles. The molecule has 0 bridgehead atoms. The zero-order valence-corrected chi connectivity index (χ0v) is 8.60. The molecule has 1 rings (SSSR count). The SMILES string of the molecule is CC(C)(C)OC(=O)N1C=CC=CC=N1. The van der Waals surface area contributed by atoms with E-state index in [1.165, 1.54) is 6.21 Å². The van der Waals surface area contributed by atoms with Crippen molar-refractivity contribution < 1.29 is 9.53 Å².